The Morgan fingerprint density at radius 2 is 2.47 bits per heavy atom. The van der Waals surface area contributed by atoms with Crippen LogP contribution in [0.15, 0.2) is 23.6 Å². The van der Waals surface area contributed by atoms with Crippen molar-refractivity contribution in [2.24, 2.45) is 10.9 Å². The van der Waals surface area contributed by atoms with E-state index in [4.69, 9.17) is 22.5 Å². The van der Waals surface area contributed by atoms with Crippen LogP contribution in [0.4, 0.5) is 0 Å². The Balaban J connectivity index is 2.59. The maximum absolute atomic E-state index is 8.40. The van der Waals surface area contributed by atoms with Gasteiger partial charge in [-0.15, -0.1) is 0 Å². The summed E-state index contributed by atoms with van der Waals surface area (Å²) >= 11 is 5.94. The summed E-state index contributed by atoms with van der Waals surface area (Å²) in [7, 11) is 1.86. The molecule has 0 spiro atoms. The number of halogens is 1. The van der Waals surface area contributed by atoms with Gasteiger partial charge in [0.25, 0.3) is 0 Å². The van der Waals surface area contributed by atoms with Gasteiger partial charge in [-0.1, -0.05) is 16.8 Å². The van der Waals surface area contributed by atoms with Gasteiger partial charge in [-0.05, 0) is 18.7 Å². The third-order valence-electron chi connectivity index (χ3n) is 1.86. The number of likely N-dealkylation sites (N-methyl/N-ethyl adjacent to an activating group) is 1. The van der Waals surface area contributed by atoms with Crippen molar-refractivity contribution < 1.29 is 5.21 Å². The highest BCUT2D eigenvalue weighted by Crippen LogP contribution is 2.14. The summed E-state index contributed by atoms with van der Waals surface area (Å²) in [5, 5.41) is 11.9. The highest BCUT2D eigenvalue weighted by atomic mass is 35.5. The molecule has 1 aromatic rings. The van der Waals surface area contributed by atoms with Gasteiger partial charge in [-0.3, -0.25) is 9.88 Å². The molecule has 0 aliphatic rings. The van der Waals surface area contributed by atoms with Gasteiger partial charge in [-0.2, -0.15) is 0 Å². The van der Waals surface area contributed by atoms with E-state index in [1.807, 2.05) is 18.0 Å². The molecular formula is C9H13ClN4O. The normalized spacial score (nSPS) is 12.1. The standard InChI is InChI=1S/C9H13ClN4O/c1-14(6-9(11)13-15)5-7-2-3-12-4-8(7)10/h2-4,15H,5-6H2,1H3,(H2,11,13). The first-order chi connectivity index (χ1) is 7.13. The minimum atomic E-state index is 0.169. The molecule has 0 atom stereocenters. The summed E-state index contributed by atoms with van der Waals surface area (Å²) in [4.78, 5) is 5.78. The van der Waals surface area contributed by atoms with Crippen molar-refractivity contribution in [1.82, 2.24) is 9.88 Å². The number of rotatable bonds is 4. The molecule has 0 aromatic carbocycles. The number of amidine groups is 1. The molecule has 0 aliphatic carbocycles. The lowest BCUT2D eigenvalue weighted by Gasteiger charge is -2.15. The fourth-order valence-corrected chi connectivity index (χ4v) is 1.37. The fraction of sp³-hybridized carbons (Fsp3) is 0.333. The molecule has 82 valence electrons. The molecule has 1 aromatic heterocycles. The van der Waals surface area contributed by atoms with Gasteiger partial charge in [0.1, 0.15) is 0 Å². The topological polar surface area (TPSA) is 74.7 Å². The second-order valence-electron chi connectivity index (χ2n) is 3.23. The number of pyridine rings is 1. The van der Waals surface area contributed by atoms with Gasteiger partial charge in [0.15, 0.2) is 5.84 Å². The average molecular weight is 229 g/mol. The smallest absolute Gasteiger partial charge is 0.153 e. The first kappa shape index (κ1) is 11.7. The third-order valence-corrected chi connectivity index (χ3v) is 2.20. The van der Waals surface area contributed by atoms with Gasteiger partial charge in [0.2, 0.25) is 0 Å². The van der Waals surface area contributed by atoms with Gasteiger partial charge in [0, 0.05) is 18.9 Å². The summed E-state index contributed by atoms with van der Waals surface area (Å²) in [6.45, 7) is 1.01. The summed E-state index contributed by atoms with van der Waals surface area (Å²) in [5.74, 6) is 0.169. The maximum Gasteiger partial charge on any atom is 0.153 e. The van der Waals surface area contributed by atoms with Crippen molar-refractivity contribution in [1.29, 1.82) is 0 Å². The summed E-state index contributed by atoms with van der Waals surface area (Å²) in [6, 6.07) is 1.84. The Morgan fingerprint density at radius 1 is 1.73 bits per heavy atom. The third kappa shape index (κ3) is 3.73. The summed E-state index contributed by atoms with van der Waals surface area (Å²) in [6.07, 6.45) is 3.27. The Morgan fingerprint density at radius 3 is 3.07 bits per heavy atom. The van der Waals surface area contributed by atoms with Gasteiger partial charge in [-0.25, -0.2) is 0 Å². The van der Waals surface area contributed by atoms with Crippen LogP contribution in [0.3, 0.4) is 0 Å². The SMILES string of the molecule is CN(CC(N)=NO)Cc1ccncc1Cl. The first-order valence-corrected chi connectivity index (χ1v) is 4.74. The van der Waals surface area contributed by atoms with E-state index in [0.717, 1.165) is 5.56 Å². The first-order valence-electron chi connectivity index (χ1n) is 4.37. The molecule has 0 amide bonds. The molecule has 5 nitrogen and oxygen atoms in total. The van der Waals surface area contributed by atoms with Gasteiger partial charge in [0.05, 0.1) is 11.6 Å². The molecule has 0 aliphatic heterocycles. The predicted octanol–water partition coefficient (Wildman–Crippen LogP) is 0.913. The van der Waals surface area contributed by atoms with Crippen molar-refractivity contribution in [3.8, 4) is 0 Å². The zero-order valence-corrected chi connectivity index (χ0v) is 9.15. The van der Waals surface area contributed by atoms with Crippen LogP contribution in [-0.4, -0.2) is 34.5 Å². The molecule has 6 heteroatoms. The van der Waals surface area contributed by atoms with Crippen LogP contribution in [0.2, 0.25) is 5.02 Å². The van der Waals surface area contributed by atoms with Crippen LogP contribution in [0, 0.1) is 0 Å². The van der Waals surface area contributed by atoms with Crippen LogP contribution in [0.1, 0.15) is 5.56 Å². The van der Waals surface area contributed by atoms with Crippen molar-refractivity contribution in [3.05, 3.63) is 29.0 Å². The molecule has 0 unspecified atom stereocenters. The molecule has 0 bridgehead atoms. The van der Waals surface area contributed by atoms with Crippen LogP contribution in [0.25, 0.3) is 0 Å². The van der Waals surface area contributed by atoms with E-state index in [-0.39, 0.29) is 5.84 Å². The van der Waals surface area contributed by atoms with Crippen molar-refractivity contribution in [2.45, 2.75) is 6.54 Å². The van der Waals surface area contributed by atoms with E-state index < -0.39 is 0 Å². The highest BCUT2D eigenvalue weighted by Gasteiger charge is 2.05. The Hall–Kier alpha value is -1.33. The van der Waals surface area contributed by atoms with Gasteiger partial charge < -0.3 is 10.9 Å². The molecule has 1 heterocycles. The lowest BCUT2D eigenvalue weighted by atomic mass is 10.2. The quantitative estimate of drug-likeness (QED) is 0.348. The highest BCUT2D eigenvalue weighted by molar-refractivity contribution is 6.31. The monoisotopic (exact) mass is 228 g/mol. The van der Waals surface area contributed by atoms with Crippen LogP contribution < -0.4 is 5.73 Å². The summed E-state index contributed by atoms with van der Waals surface area (Å²) < 4.78 is 0. The molecule has 0 radical (unpaired) electrons. The zero-order chi connectivity index (χ0) is 11.3. The van der Waals surface area contributed by atoms with Crippen molar-refractivity contribution in [3.63, 3.8) is 0 Å². The van der Waals surface area contributed by atoms with Crippen molar-refractivity contribution in [2.75, 3.05) is 13.6 Å². The zero-order valence-electron chi connectivity index (χ0n) is 8.39. The number of nitrogens with two attached hydrogens (primary N) is 1. The number of hydrogen-bond acceptors (Lipinski definition) is 4. The largest absolute Gasteiger partial charge is 0.409 e. The Bertz CT molecular complexity index is 356. The molecule has 15 heavy (non-hydrogen) atoms. The number of aromatic nitrogens is 1. The lowest BCUT2D eigenvalue weighted by Crippen LogP contribution is -2.30. The minimum Gasteiger partial charge on any atom is -0.409 e. The summed E-state index contributed by atoms with van der Waals surface area (Å²) in [5.41, 5.74) is 6.34. The Kier molecular flexibility index (Phi) is 4.33. The number of nitrogens with zero attached hydrogens (tertiary/aromatic N) is 3. The van der Waals surface area contributed by atoms with E-state index in [1.54, 1.807) is 12.4 Å². The molecule has 1 rings (SSSR count). The number of oxime groups is 1. The van der Waals surface area contributed by atoms with Crippen molar-refractivity contribution >= 4 is 17.4 Å². The molecule has 3 N–H and O–H groups in total. The second-order valence-corrected chi connectivity index (χ2v) is 3.64. The lowest BCUT2D eigenvalue weighted by molar-refractivity contribution is 0.308. The molecule has 0 fully saturated rings. The second kappa shape index (κ2) is 5.53. The molecular weight excluding hydrogens is 216 g/mol. The average Bonchev–Trinajstić information content (AvgIpc) is 2.21. The van der Waals surface area contributed by atoms with Crippen LogP contribution >= 0.6 is 11.6 Å². The number of hydrogen-bond donors (Lipinski definition) is 2. The van der Waals surface area contributed by atoms with E-state index >= 15 is 0 Å². The maximum atomic E-state index is 8.40. The van der Waals surface area contributed by atoms with E-state index in [1.165, 1.54) is 0 Å². The van der Waals surface area contributed by atoms with E-state index in [9.17, 15) is 0 Å². The van der Waals surface area contributed by atoms with Gasteiger partial charge >= 0.3 is 0 Å². The minimum absolute atomic E-state index is 0.169. The van der Waals surface area contributed by atoms with Crippen LogP contribution in [0.5, 0.6) is 0 Å². The Labute approximate surface area is 93.2 Å². The predicted molar refractivity (Wildman–Crippen MR) is 59.0 cm³/mol. The molecule has 0 saturated carbocycles. The van der Waals surface area contributed by atoms with Crippen LogP contribution in [-0.2, 0) is 6.54 Å². The van der Waals surface area contributed by atoms with E-state index in [2.05, 4.69) is 10.1 Å². The van der Waals surface area contributed by atoms with E-state index in [0.29, 0.717) is 18.1 Å². The molecule has 0 saturated heterocycles. The fourth-order valence-electron chi connectivity index (χ4n) is 1.19.